The fraction of sp³-hybridized carbons (Fsp3) is 0.500. The Bertz CT molecular complexity index is 634. The topological polar surface area (TPSA) is 33.3 Å². The van der Waals surface area contributed by atoms with Gasteiger partial charge in [0.25, 0.3) is 0 Å². The predicted molar refractivity (Wildman–Crippen MR) is 96.0 cm³/mol. The van der Waals surface area contributed by atoms with Crippen LogP contribution in [0.4, 0.5) is 0 Å². The van der Waals surface area contributed by atoms with E-state index >= 15 is 0 Å². The minimum atomic E-state index is 0.344. The summed E-state index contributed by atoms with van der Waals surface area (Å²) in [5.41, 5.74) is 1.33. The standard InChI is InChI=1S/C18H25N3OS/c1-14-7-8-17(16-6-3-10-20(16)2)21(11-9-14)18(23)19-13-15-5-4-12-22-15/h3-6,10,12,14,17H,7-9,11,13H2,1-2H3,(H,19,23)/t14-,17-/m1/s1. The third-order valence-electron chi connectivity index (χ3n) is 4.75. The highest BCUT2D eigenvalue weighted by Crippen LogP contribution is 2.32. The van der Waals surface area contributed by atoms with Crippen LogP contribution in [0.25, 0.3) is 0 Å². The summed E-state index contributed by atoms with van der Waals surface area (Å²) in [6, 6.07) is 8.54. The third kappa shape index (κ3) is 3.78. The quantitative estimate of drug-likeness (QED) is 0.866. The maximum Gasteiger partial charge on any atom is 0.169 e. The second kappa shape index (κ2) is 7.21. The molecule has 0 bridgehead atoms. The van der Waals surface area contributed by atoms with E-state index in [1.165, 1.54) is 18.5 Å². The molecule has 0 radical (unpaired) electrons. The summed E-state index contributed by atoms with van der Waals surface area (Å²) in [5.74, 6) is 1.65. The molecule has 0 unspecified atom stereocenters. The summed E-state index contributed by atoms with van der Waals surface area (Å²) in [6.07, 6.45) is 7.37. The van der Waals surface area contributed by atoms with Crippen LogP contribution in [0.3, 0.4) is 0 Å². The van der Waals surface area contributed by atoms with Crippen molar-refractivity contribution in [1.29, 1.82) is 0 Å². The highest BCUT2D eigenvalue weighted by molar-refractivity contribution is 7.80. The van der Waals surface area contributed by atoms with Gasteiger partial charge in [-0.15, -0.1) is 0 Å². The monoisotopic (exact) mass is 331 g/mol. The van der Waals surface area contributed by atoms with Crippen LogP contribution in [0.5, 0.6) is 0 Å². The number of aryl methyl sites for hydroxylation is 1. The van der Waals surface area contributed by atoms with Crippen molar-refractivity contribution in [2.24, 2.45) is 13.0 Å². The van der Waals surface area contributed by atoms with Crippen LogP contribution in [-0.4, -0.2) is 21.1 Å². The van der Waals surface area contributed by atoms with Gasteiger partial charge in [-0.1, -0.05) is 6.92 Å². The Labute approximate surface area is 143 Å². The van der Waals surface area contributed by atoms with Gasteiger partial charge in [0.1, 0.15) is 5.76 Å². The van der Waals surface area contributed by atoms with Crippen molar-refractivity contribution in [2.45, 2.75) is 38.8 Å². The van der Waals surface area contributed by atoms with Crippen molar-refractivity contribution in [3.63, 3.8) is 0 Å². The molecule has 1 N–H and O–H groups in total. The van der Waals surface area contributed by atoms with Gasteiger partial charge in [0.05, 0.1) is 18.8 Å². The molecule has 23 heavy (non-hydrogen) atoms. The number of likely N-dealkylation sites (tertiary alicyclic amines) is 1. The molecule has 1 aliphatic rings. The van der Waals surface area contributed by atoms with E-state index in [9.17, 15) is 0 Å². The minimum Gasteiger partial charge on any atom is -0.467 e. The molecule has 2 aromatic rings. The van der Waals surface area contributed by atoms with Crippen molar-refractivity contribution in [2.75, 3.05) is 6.54 Å². The molecule has 0 aromatic carbocycles. The van der Waals surface area contributed by atoms with Gasteiger partial charge in [0.15, 0.2) is 5.11 Å². The van der Waals surface area contributed by atoms with Gasteiger partial charge >= 0.3 is 0 Å². The largest absolute Gasteiger partial charge is 0.467 e. The lowest BCUT2D eigenvalue weighted by molar-refractivity contribution is 0.304. The number of nitrogens with zero attached hydrogens (tertiary/aromatic N) is 2. The Kier molecular flexibility index (Phi) is 5.06. The van der Waals surface area contributed by atoms with Gasteiger partial charge in [-0.05, 0) is 61.7 Å². The molecule has 4 nitrogen and oxygen atoms in total. The van der Waals surface area contributed by atoms with E-state index in [2.05, 4.69) is 47.1 Å². The van der Waals surface area contributed by atoms with Crippen LogP contribution in [-0.2, 0) is 13.6 Å². The van der Waals surface area contributed by atoms with Crippen LogP contribution in [0, 0.1) is 5.92 Å². The second-order valence-electron chi connectivity index (χ2n) is 6.46. The van der Waals surface area contributed by atoms with Gasteiger partial charge in [-0.2, -0.15) is 0 Å². The van der Waals surface area contributed by atoms with Crippen LogP contribution in [0.15, 0.2) is 41.1 Å². The molecule has 124 valence electrons. The molecule has 1 saturated heterocycles. The number of nitrogens with one attached hydrogen (secondary N) is 1. The number of thiocarbonyl (C=S) groups is 1. The molecule has 0 saturated carbocycles. The van der Waals surface area contributed by atoms with Crippen LogP contribution >= 0.6 is 12.2 Å². The Morgan fingerprint density at radius 1 is 1.30 bits per heavy atom. The zero-order chi connectivity index (χ0) is 16.2. The molecule has 5 heteroatoms. The summed E-state index contributed by atoms with van der Waals surface area (Å²) < 4.78 is 7.60. The lowest BCUT2D eigenvalue weighted by atomic mass is 10.0. The van der Waals surface area contributed by atoms with Crippen molar-refractivity contribution in [3.8, 4) is 0 Å². The van der Waals surface area contributed by atoms with Crippen molar-refractivity contribution in [3.05, 3.63) is 48.2 Å². The maximum atomic E-state index is 5.70. The third-order valence-corrected chi connectivity index (χ3v) is 5.13. The molecule has 2 atom stereocenters. The molecular formula is C18H25N3OS. The van der Waals surface area contributed by atoms with Gasteiger partial charge in [-0.3, -0.25) is 0 Å². The first-order valence-electron chi connectivity index (χ1n) is 8.33. The van der Waals surface area contributed by atoms with Crippen LogP contribution in [0.2, 0.25) is 0 Å². The minimum absolute atomic E-state index is 0.344. The summed E-state index contributed by atoms with van der Waals surface area (Å²) >= 11 is 5.70. The van der Waals surface area contributed by atoms with Gasteiger partial charge < -0.3 is 19.2 Å². The van der Waals surface area contributed by atoms with Gasteiger partial charge in [0.2, 0.25) is 0 Å². The highest BCUT2D eigenvalue weighted by Gasteiger charge is 2.28. The average Bonchev–Trinajstić information content (AvgIpc) is 3.16. The number of rotatable bonds is 3. The summed E-state index contributed by atoms with van der Waals surface area (Å²) in [4.78, 5) is 2.36. The maximum absolute atomic E-state index is 5.70. The fourth-order valence-electron chi connectivity index (χ4n) is 3.31. The molecular weight excluding hydrogens is 306 g/mol. The van der Waals surface area contributed by atoms with Crippen LogP contribution in [0.1, 0.15) is 43.7 Å². The van der Waals surface area contributed by atoms with E-state index in [0.29, 0.717) is 12.6 Å². The predicted octanol–water partition coefficient (Wildman–Crippen LogP) is 3.86. The Hall–Kier alpha value is -1.75. The first-order valence-corrected chi connectivity index (χ1v) is 8.74. The summed E-state index contributed by atoms with van der Waals surface area (Å²) in [7, 11) is 2.11. The smallest absolute Gasteiger partial charge is 0.169 e. The highest BCUT2D eigenvalue weighted by atomic mass is 32.1. The molecule has 3 heterocycles. The van der Waals surface area contributed by atoms with E-state index in [-0.39, 0.29) is 0 Å². The van der Waals surface area contributed by atoms with Gasteiger partial charge in [-0.25, -0.2) is 0 Å². The molecule has 1 aliphatic heterocycles. The fourth-order valence-corrected chi connectivity index (χ4v) is 3.60. The second-order valence-corrected chi connectivity index (χ2v) is 6.85. The first kappa shape index (κ1) is 16.1. The van der Waals surface area contributed by atoms with Crippen molar-refractivity contribution in [1.82, 2.24) is 14.8 Å². The molecule has 1 fully saturated rings. The Morgan fingerprint density at radius 3 is 2.87 bits per heavy atom. The lowest BCUT2D eigenvalue weighted by Crippen LogP contribution is -2.42. The van der Waals surface area contributed by atoms with Crippen LogP contribution < -0.4 is 5.32 Å². The van der Waals surface area contributed by atoms with E-state index in [1.54, 1.807) is 6.26 Å². The van der Waals surface area contributed by atoms with E-state index in [1.807, 2.05) is 12.1 Å². The number of furan rings is 1. The average molecular weight is 331 g/mol. The molecule has 2 aromatic heterocycles. The number of aromatic nitrogens is 1. The zero-order valence-electron chi connectivity index (χ0n) is 13.9. The molecule has 0 spiro atoms. The van der Waals surface area contributed by atoms with E-state index < -0.39 is 0 Å². The Balaban J connectivity index is 1.74. The molecule has 0 aliphatic carbocycles. The van der Waals surface area contributed by atoms with Crippen molar-refractivity contribution < 1.29 is 4.42 Å². The molecule has 3 rings (SSSR count). The van der Waals surface area contributed by atoms with E-state index in [4.69, 9.17) is 16.6 Å². The summed E-state index contributed by atoms with van der Waals surface area (Å²) in [5, 5.41) is 4.18. The zero-order valence-corrected chi connectivity index (χ0v) is 14.7. The van der Waals surface area contributed by atoms with Gasteiger partial charge in [0, 0.05) is 25.5 Å². The Morgan fingerprint density at radius 2 is 2.17 bits per heavy atom. The van der Waals surface area contributed by atoms with E-state index in [0.717, 1.165) is 29.8 Å². The SMILES string of the molecule is C[C@@H]1CC[C@H](c2cccn2C)N(C(=S)NCc2ccco2)CC1. The normalized spacial score (nSPS) is 21.9. The van der Waals surface area contributed by atoms with Crippen molar-refractivity contribution >= 4 is 17.3 Å². The first-order chi connectivity index (χ1) is 11.1. The summed E-state index contributed by atoms with van der Waals surface area (Å²) in [6.45, 7) is 3.98. The molecule has 0 amide bonds. The number of hydrogen-bond donors (Lipinski definition) is 1. The lowest BCUT2D eigenvalue weighted by Gasteiger charge is -2.33. The number of hydrogen-bond acceptors (Lipinski definition) is 2.